The van der Waals surface area contributed by atoms with Gasteiger partial charge in [-0.2, -0.15) is 0 Å². The molecule has 1 aliphatic rings. The van der Waals surface area contributed by atoms with Crippen molar-refractivity contribution in [2.45, 2.75) is 25.3 Å². The second kappa shape index (κ2) is 6.00. The lowest BCUT2D eigenvalue weighted by molar-refractivity contribution is 0.0601. The van der Waals surface area contributed by atoms with E-state index in [4.69, 9.17) is 4.74 Å². The van der Waals surface area contributed by atoms with E-state index in [-0.39, 0.29) is 5.97 Å². The zero-order valence-corrected chi connectivity index (χ0v) is 12.1. The second-order valence-electron chi connectivity index (χ2n) is 5.43. The van der Waals surface area contributed by atoms with Crippen molar-refractivity contribution in [1.82, 2.24) is 0 Å². The van der Waals surface area contributed by atoms with Gasteiger partial charge in [0.15, 0.2) is 0 Å². The van der Waals surface area contributed by atoms with Gasteiger partial charge in [0.1, 0.15) is 0 Å². The average molecular weight is 281 g/mol. The van der Waals surface area contributed by atoms with Crippen molar-refractivity contribution in [2.24, 2.45) is 0 Å². The Bertz CT molecular complexity index is 651. The Morgan fingerprint density at radius 3 is 2.76 bits per heavy atom. The van der Waals surface area contributed by atoms with E-state index in [2.05, 4.69) is 29.6 Å². The van der Waals surface area contributed by atoms with E-state index >= 15 is 0 Å². The lowest BCUT2D eigenvalue weighted by Gasteiger charge is -2.26. The van der Waals surface area contributed by atoms with Crippen molar-refractivity contribution < 1.29 is 9.53 Å². The lowest BCUT2D eigenvalue weighted by Crippen LogP contribution is -2.27. The van der Waals surface area contributed by atoms with Crippen LogP contribution in [0.5, 0.6) is 0 Å². The van der Waals surface area contributed by atoms with Gasteiger partial charge in [0.2, 0.25) is 0 Å². The third kappa shape index (κ3) is 3.07. The maximum absolute atomic E-state index is 11.6. The Hall–Kier alpha value is -2.29. The van der Waals surface area contributed by atoms with Gasteiger partial charge in [0, 0.05) is 11.7 Å². The van der Waals surface area contributed by atoms with E-state index < -0.39 is 0 Å². The average Bonchev–Trinajstić information content (AvgIpc) is 2.54. The highest BCUT2D eigenvalue weighted by Crippen LogP contribution is 2.24. The molecule has 0 aromatic heterocycles. The first-order valence-electron chi connectivity index (χ1n) is 7.28. The molecule has 21 heavy (non-hydrogen) atoms. The molecule has 3 rings (SSSR count). The summed E-state index contributed by atoms with van der Waals surface area (Å²) in [6.07, 6.45) is 3.24. The molecule has 0 fully saturated rings. The Morgan fingerprint density at radius 1 is 1.14 bits per heavy atom. The number of rotatable bonds is 3. The fourth-order valence-electron chi connectivity index (χ4n) is 2.91. The van der Waals surface area contributed by atoms with Crippen LogP contribution in [0.1, 0.15) is 27.9 Å². The van der Waals surface area contributed by atoms with Crippen molar-refractivity contribution in [3.8, 4) is 0 Å². The SMILES string of the molecule is COC(=O)c1cccc(NC2CCc3ccccc3C2)c1. The van der Waals surface area contributed by atoms with E-state index in [0.29, 0.717) is 11.6 Å². The number of aryl methyl sites for hydroxylation is 1. The zero-order chi connectivity index (χ0) is 14.7. The molecule has 108 valence electrons. The van der Waals surface area contributed by atoms with Crippen molar-refractivity contribution in [3.05, 3.63) is 65.2 Å². The fourth-order valence-corrected chi connectivity index (χ4v) is 2.91. The first-order valence-corrected chi connectivity index (χ1v) is 7.28. The molecule has 1 atom stereocenters. The predicted octanol–water partition coefficient (Wildman–Crippen LogP) is 3.44. The van der Waals surface area contributed by atoms with Crippen LogP contribution in [0.15, 0.2) is 48.5 Å². The summed E-state index contributed by atoms with van der Waals surface area (Å²) in [6.45, 7) is 0. The van der Waals surface area contributed by atoms with Gasteiger partial charge in [-0.3, -0.25) is 0 Å². The molecule has 3 heteroatoms. The minimum Gasteiger partial charge on any atom is -0.465 e. The van der Waals surface area contributed by atoms with E-state index in [0.717, 1.165) is 24.9 Å². The van der Waals surface area contributed by atoms with Gasteiger partial charge in [-0.1, -0.05) is 30.3 Å². The summed E-state index contributed by atoms with van der Waals surface area (Å²) in [7, 11) is 1.40. The smallest absolute Gasteiger partial charge is 0.337 e. The van der Waals surface area contributed by atoms with Crippen LogP contribution >= 0.6 is 0 Å². The van der Waals surface area contributed by atoms with E-state index in [1.54, 1.807) is 6.07 Å². The number of carbonyl (C=O) groups excluding carboxylic acids is 1. The van der Waals surface area contributed by atoms with Crippen LogP contribution in [-0.4, -0.2) is 19.1 Å². The maximum Gasteiger partial charge on any atom is 0.337 e. The minimum absolute atomic E-state index is 0.298. The summed E-state index contributed by atoms with van der Waals surface area (Å²) in [4.78, 5) is 11.6. The molecule has 2 aromatic carbocycles. The molecular formula is C18H19NO2. The van der Waals surface area contributed by atoms with Crippen LogP contribution in [0.3, 0.4) is 0 Å². The number of fused-ring (bicyclic) bond motifs is 1. The summed E-state index contributed by atoms with van der Waals surface area (Å²) in [6, 6.07) is 16.5. The number of hydrogen-bond donors (Lipinski definition) is 1. The minimum atomic E-state index is -0.298. The number of carbonyl (C=O) groups is 1. The first-order chi connectivity index (χ1) is 10.3. The summed E-state index contributed by atoms with van der Waals surface area (Å²) in [5, 5.41) is 3.53. The number of ether oxygens (including phenoxy) is 1. The highest BCUT2D eigenvalue weighted by atomic mass is 16.5. The molecule has 0 bridgehead atoms. The van der Waals surface area contributed by atoms with Crippen molar-refractivity contribution in [2.75, 3.05) is 12.4 Å². The van der Waals surface area contributed by atoms with E-state index in [1.165, 1.54) is 18.2 Å². The van der Waals surface area contributed by atoms with Crippen LogP contribution < -0.4 is 5.32 Å². The Morgan fingerprint density at radius 2 is 1.95 bits per heavy atom. The fraction of sp³-hybridized carbons (Fsp3) is 0.278. The van der Waals surface area contributed by atoms with Gasteiger partial charge in [-0.25, -0.2) is 4.79 Å². The van der Waals surface area contributed by atoms with Crippen LogP contribution in [0.4, 0.5) is 5.69 Å². The first kappa shape index (κ1) is 13.7. The summed E-state index contributed by atoms with van der Waals surface area (Å²) in [5.41, 5.74) is 4.44. The number of esters is 1. The molecular weight excluding hydrogens is 262 g/mol. The third-order valence-electron chi connectivity index (χ3n) is 4.00. The molecule has 0 saturated heterocycles. The monoisotopic (exact) mass is 281 g/mol. The molecule has 0 aliphatic heterocycles. The van der Waals surface area contributed by atoms with E-state index in [1.807, 2.05) is 18.2 Å². The molecule has 1 aliphatic carbocycles. The molecule has 2 aromatic rings. The van der Waals surface area contributed by atoms with Crippen LogP contribution in [0.2, 0.25) is 0 Å². The Balaban J connectivity index is 1.72. The number of methoxy groups -OCH3 is 1. The molecule has 1 unspecified atom stereocenters. The second-order valence-corrected chi connectivity index (χ2v) is 5.43. The topological polar surface area (TPSA) is 38.3 Å². The summed E-state index contributed by atoms with van der Waals surface area (Å²) >= 11 is 0. The predicted molar refractivity (Wildman–Crippen MR) is 83.7 cm³/mol. The zero-order valence-electron chi connectivity index (χ0n) is 12.1. The molecule has 1 N–H and O–H groups in total. The molecule has 0 radical (unpaired) electrons. The Labute approximate surface area is 124 Å². The number of benzene rings is 2. The molecule has 0 saturated carbocycles. The number of anilines is 1. The van der Waals surface area contributed by atoms with Crippen molar-refractivity contribution in [1.29, 1.82) is 0 Å². The lowest BCUT2D eigenvalue weighted by atomic mass is 9.88. The third-order valence-corrected chi connectivity index (χ3v) is 4.00. The molecule has 3 nitrogen and oxygen atoms in total. The normalized spacial score (nSPS) is 16.9. The van der Waals surface area contributed by atoms with Gasteiger partial charge in [-0.05, 0) is 48.6 Å². The van der Waals surface area contributed by atoms with Gasteiger partial charge < -0.3 is 10.1 Å². The van der Waals surface area contributed by atoms with Gasteiger partial charge in [0.05, 0.1) is 12.7 Å². The summed E-state index contributed by atoms with van der Waals surface area (Å²) < 4.78 is 4.76. The van der Waals surface area contributed by atoms with Crippen LogP contribution in [-0.2, 0) is 17.6 Å². The standard InChI is InChI=1S/C18H19NO2/c1-21-18(20)15-7-4-8-16(12-15)19-17-10-9-13-5-2-3-6-14(13)11-17/h2-8,12,17,19H,9-11H2,1H3. The van der Waals surface area contributed by atoms with E-state index in [9.17, 15) is 4.79 Å². The van der Waals surface area contributed by atoms with Gasteiger partial charge in [0.25, 0.3) is 0 Å². The largest absolute Gasteiger partial charge is 0.465 e. The van der Waals surface area contributed by atoms with Gasteiger partial charge >= 0.3 is 5.97 Å². The van der Waals surface area contributed by atoms with Crippen molar-refractivity contribution >= 4 is 11.7 Å². The highest BCUT2D eigenvalue weighted by Gasteiger charge is 2.18. The molecule has 0 spiro atoms. The quantitative estimate of drug-likeness (QED) is 0.876. The van der Waals surface area contributed by atoms with Gasteiger partial charge in [-0.15, -0.1) is 0 Å². The van der Waals surface area contributed by atoms with Crippen molar-refractivity contribution in [3.63, 3.8) is 0 Å². The maximum atomic E-state index is 11.6. The number of nitrogens with one attached hydrogen (secondary N) is 1. The highest BCUT2D eigenvalue weighted by molar-refractivity contribution is 5.90. The van der Waals surface area contributed by atoms with Crippen LogP contribution in [0, 0.1) is 0 Å². The van der Waals surface area contributed by atoms with Crippen LogP contribution in [0.25, 0.3) is 0 Å². The Kier molecular flexibility index (Phi) is 3.91. The number of hydrogen-bond acceptors (Lipinski definition) is 3. The molecule has 0 amide bonds. The summed E-state index contributed by atoms with van der Waals surface area (Å²) in [5.74, 6) is -0.298. The molecule has 0 heterocycles.